The summed E-state index contributed by atoms with van der Waals surface area (Å²) in [6, 6.07) is -2.04. The van der Waals surface area contributed by atoms with Crippen molar-refractivity contribution >= 4 is 29.7 Å². The fraction of sp³-hybridized carbons (Fsp3) is 0.667. The normalized spacial score (nSPS) is 20.8. The van der Waals surface area contributed by atoms with E-state index >= 15 is 0 Å². The molecule has 1 heterocycles. The molecule has 1 fully saturated rings. The summed E-state index contributed by atoms with van der Waals surface area (Å²) in [6.07, 6.45) is 0. The molecule has 1 unspecified atom stereocenters. The Balaban J connectivity index is 2.58. The second-order valence-electron chi connectivity index (χ2n) is 3.61. The first-order valence-electron chi connectivity index (χ1n) is 5.06. The Hall–Kier alpha value is -1.44. The zero-order valence-corrected chi connectivity index (χ0v) is 10.4. The zero-order valence-electron chi connectivity index (χ0n) is 9.60. The summed E-state index contributed by atoms with van der Waals surface area (Å²) in [5.41, 5.74) is 0. The maximum absolute atomic E-state index is 11.7. The van der Waals surface area contributed by atoms with Crippen molar-refractivity contribution in [1.29, 1.82) is 0 Å². The van der Waals surface area contributed by atoms with Gasteiger partial charge in [0.15, 0.2) is 0 Å². The number of urea groups is 1. The van der Waals surface area contributed by atoms with Gasteiger partial charge in [0, 0.05) is 12.8 Å². The molecule has 3 N–H and O–H groups in total. The summed E-state index contributed by atoms with van der Waals surface area (Å²) in [5, 5.41) is 13.8. The molecule has 8 heteroatoms. The van der Waals surface area contributed by atoms with Crippen LogP contribution in [0.15, 0.2) is 0 Å². The predicted molar refractivity (Wildman–Crippen MR) is 62.6 cm³/mol. The van der Waals surface area contributed by atoms with E-state index in [4.69, 9.17) is 5.11 Å². The van der Waals surface area contributed by atoms with Crippen LogP contribution in [0.5, 0.6) is 0 Å². The minimum absolute atomic E-state index is 0.322. The summed E-state index contributed by atoms with van der Waals surface area (Å²) >= 11 is 1.37. The van der Waals surface area contributed by atoms with Gasteiger partial charge >= 0.3 is 12.0 Å². The molecule has 0 aromatic carbocycles. The number of rotatable bonds is 3. The molecule has 7 nitrogen and oxygen atoms in total. The monoisotopic (exact) mass is 261 g/mol. The molecule has 17 heavy (non-hydrogen) atoms. The summed E-state index contributed by atoms with van der Waals surface area (Å²) in [4.78, 5) is 35.1. The summed E-state index contributed by atoms with van der Waals surface area (Å²) in [7, 11) is 1.47. The van der Waals surface area contributed by atoms with Crippen LogP contribution in [-0.2, 0) is 9.59 Å². The number of amides is 3. The average Bonchev–Trinajstić information content (AvgIpc) is 2.76. The first-order chi connectivity index (χ1) is 7.97. The molecule has 0 radical (unpaired) electrons. The molecule has 1 saturated heterocycles. The van der Waals surface area contributed by atoms with Gasteiger partial charge in [0.05, 0.1) is 5.88 Å². The Bertz CT molecular complexity index is 336. The standard InChI is InChI=1S/C9H15N3O4S/c1-5(7(13)10-2)11-9(16)12-4-17-3-6(12)8(14)15/h5-6H,3-4H2,1-2H3,(H,10,13)(H,11,16)(H,14,15)/t5?,6-/m0/s1. The minimum atomic E-state index is -1.03. The van der Waals surface area contributed by atoms with Gasteiger partial charge in [-0.3, -0.25) is 4.79 Å². The van der Waals surface area contributed by atoms with Crippen molar-refractivity contribution in [2.75, 3.05) is 18.7 Å². The number of hydrogen-bond acceptors (Lipinski definition) is 4. The molecular formula is C9H15N3O4S. The molecule has 0 saturated carbocycles. The number of carbonyl (C=O) groups is 3. The highest BCUT2D eigenvalue weighted by atomic mass is 32.2. The fourth-order valence-electron chi connectivity index (χ4n) is 1.40. The summed E-state index contributed by atoms with van der Waals surface area (Å²) in [5.74, 6) is -0.657. The van der Waals surface area contributed by atoms with E-state index in [9.17, 15) is 14.4 Å². The molecule has 0 spiro atoms. The lowest BCUT2D eigenvalue weighted by Gasteiger charge is -2.22. The highest BCUT2D eigenvalue weighted by Crippen LogP contribution is 2.20. The highest BCUT2D eigenvalue weighted by molar-refractivity contribution is 7.99. The Morgan fingerprint density at radius 1 is 1.47 bits per heavy atom. The third-order valence-electron chi connectivity index (χ3n) is 2.41. The van der Waals surface area contributed by atoms with Crippen LogP contribution in [0, 0.1) is 0 Å². The van der Waals surface area contributed by atoms with E-state index in [2.05, 4.69) is 10.6 Å². The van der Waals surface area contributed by atoms with Crippen LogP contribution < -0.4 is 10.6 Å². The number of carboxylic acids is 1. The first kappa shape index (κ1) is 13.6. The lowest BCUT2D eigenvalue weighted by Crippen LogP contribution is -2.52. The number of hydrogen-bond donors (Lipinski definition) is 3. The number of aliphatic carboxylic acids is 1. The van der Waals surface area contributed by atoms with Crippen molar-refractivity contribution in [2.24, 2.45) is 0 Å². The van der Waals surface area contributed by atoms with E-state index in [1.54, 1.807) is 0 Å². The van der Waals surface area contributed by atoms with Crippen molar-refractivity contribution in [3.63, 3.8) is 0 Å². The van der Waals surface area contributed by atoms with Gasteiger partial charge in [0.1, 0.15) is 12.1 Å². The van der Waals surface area contributed by atoms with E-state index in [1.165, 1.54) is 30.6 Å². The average molecular weight is 261 g/mol. The van der Waals surface area contributed by atoms with E-state index in [0.717, 1.165) is 0 Å². The van der Waals surface area contributed by atoms with Crippen molar-refractivity contribution < 1.29 is 19.5 Å². The molecule has 1 aliphatic rings. The third-order valence-corrected chi connectivity index (χ3v) is 3.42. The number of likely N-dealkylation sites (N-methyl/N-ethyl adjacent to an activating group) is 1. The van der Waals surface area contributed by atoms with E-state index in [0.29, 0.717) is 11.6 Å². The van der Waals surface area contributed by atoms with E-state index in [1.807, 2.05) is 0 Å². The SMILES string of the molecule is CNC(=O)C(C)NC(=O)N1CSC[C@H]1C(=O)O. The van der Waals surface area contributed by atoms with Crippen molar-refractivity contribution in [2.45, 2.75) is 19.0 Å². The van der Waals surface area contributed by atoms with Crippen LogP contribution in [0.2, 0.25) is 0 Å². The first-order valence-corrected chi connectivity index (χ1v) is 6.22. The van der Waals surface area contributed by atoms with E-state index in [-0.39, 0.29) is 5.91 Å². The quantitative estimate of drug-likeness (QED) is 0.623. The number of nitrogens with zero attached hydrogens (tertiary/aromatic N) is 1. The molecule has 2 atom stereocenters. The van der Waals surface area contributed by atoms with Crippen LogP contribution in [0.25, 0.3) is 0 Å². The number of nitrogens with one attached hydrogen (secondary N) is 2. The van der Waals surface area contributed by atoms with Crippen LogP contribution in [-0.4, -0.2) is 58.7 Å². The van der Waals surface area contributed by atoms with Gasteiger partial charge < -0.3 is 20.6 Å². The van der Waals surface area contributed by atoms with Gasteiger partial charge in [-0.2, -0.15) is 0 Å². The van der Waals surface area contributed by atoms with Crippen molar-refractivity contribution in [1.82, 2.24) is 15.5 Å². The lowest BCUT2D eigenvalue weighted by molar-refractivity contribution is -0.140. The number of thioether (sulfide) groups is 1. The van der Waals surface area contributed by atoms with Crippen LogP contribution in [0.1, 0.15) is 6.92 Å². The van der Waals surface area contributed by atoms with Crippen LogP contribution in [0.4, 0.5) is 4.79 Å². The Labute approximate surface area is 103 Å². The minimum Gasteiger partial charge on any atom is -0.480 e. The van der Waals surface area contributed by atoms with E-state index < -0.39 is 24.1 Å². The van der Waals surface area contributed by atoms with Crippen molar-refractivity contribution in [3.05, 3.63) is 0 Å². The predicted octanol–water partition coefficient (Wildman–Crippen LogP) is -0.710. The fourth-order valence-corrected chi connectivity index (χ4v) is 2.54. The molecule has 0 aromatic heterocycles. The molecule has 1 aliphatic heterocycles. The maximum Gasteiger partial charge on any atom is 0.327 e. The maximum atomic E-state index is 11.7. The largest absolute Gasteiger partial charge is 0.480 e. The van der Waals surface area contributed by atoms with Gasteiger partial charge in [-0.05, 0) is 6.92 Å². The Kier molecular flexibility index (Phi) is 4.62. The highest BCUT2D eigenvalue weighted by Gasteiger charge is 2.35. The third kappa shape index (κ3) is 3.26. The molecule has 96 valence electrons. The summed E-state index contributed by atoms with van der Waals surface area (Å²) < 4.78 is 0. The topological polar surface area (TPSA) is 98.7 Å². The van der Waals surface area contributed by atoms with Crippen LogP contribution in [0.3, 0.4) is 0 Å². The number of carbonyl (C=O) groups excluding carboxylic acids is 2. The molecule has 3 amide bonds. The Morgan fingerprint density at radius 3 is 2.65 bits per heavy atom. The van der Waals surface area contributed by atoms with Crippen LogP contribution >= 0.6 is 11.8 Å². The van der Waals surface area contributed by atoms with Gasteiger partial charge in [-0.15, -0.1) is 11.8 Å². The van der Waals surface area contributed by atoms with Crippen molar-refractivity contribution in [3.8, 4) is 0 Å². The summed E-state index contributed by atoms with van der Waals surface area (Å²) in [6.45, 7) is 1.54. The number of carboxylic acid groups (broad SMARTS) is 1. The second-order valence-corrected chi connectivity index (χ2v) is 4.61. The molecule has 0 aromatic rings. The molecule has 1 rings (SSSR count). The van der Waals surface area contributed by atoms with Gasteiger partial charge in [0.25, 0.3) is 0 Å². The lowest BCUT2D eigenvalue weighted by atomic mass is 10.3. The molecule has 0 aliphatic carbocycles. The molecule has 0 bridgehead atoms. The smallest absolute Gasteiger partial charge is 0.327 e. The Morgan fingerprint density at radius 2 is 2.12 bits per heavy atom. The van der Waals surface area contributed by atoms with Gasteiger partial charge in [-0.1, -0.05) is 0 Å². The second kappa shape index (κ2) is 5.76. The van der Waals surface area contributed by atoms with Gasteiger partial charge in [-0.25, -0.2) is 9.59 Å². The zero-order chi connectivity index (χ0) is 13.0. The molecular weight excluding hydrogens is 246 g/mol. The van der Waals surface area contributed by atoms with Gasteiger partial charge in [0.2, 0.25) is 5.91 Å².